The van der Waals surface area contributed by atoms with Crippen LogP contribution in [0.3, 0.4) is 0 Å². The molecule has 47 heavy (non-hydrogen) atoms. The van der Waals surface area contributed by atoms with Gasteiger partial charge in [-0.15, -0.1) is 0 Å². The number of likely N-dealkylation sites (tertiary alicyclic amines) is 2. The Morgan fingerprint density at radius 1 is 0.766 bits per heavy atom. The van der Waals surface area contributed by atoms with Crippen molar-refractivity contribution in [1.29, 1.82) is 0 Å². The number of piperazine rings is 2. The molecule has 4 heterocycles. The van der Waals surface area contributed by atoms with Gasteiger partial charge in [0.2, 0.25) is 11.8 Å². The molecule has 14 nitrogen and oxygen atoms in total. The van der Waals surface area contributed by atoms with Gasteiger partial charge < -0.3 is 35.0 Å². The van der Waals surface area contributed by atoms with E-state index in [1.165, 1.54) is 19.6 Å². The van der Waals surface area contributed by atoms with Gasteiger partial charge in [-0.05, 0) is 37.0 Å². The van der Waals surface area contributed by atoms with Crippen LogP contribution in [0.25, 0.3) is 0 Å². The molecule has 17 heteroatoms. The maximum absolute atomic E-state index is 13.8. The summed E-state index contributed by atoms with van der Waals surface area (Å²) in [7, 11) is 0. The number of nitrogens with two attached hydrogens (primary N) is 1. The Morgan fingerprint density at radius 3 is 1.74 bits per heavy atom. The Bertz CT molecular complexity index is 1200. The van der Waals surface area contributed by atoms with Crippen LogP contribution in [0.1, 0.15) is 47.0 Å². The van der Waals surface area contributed by atoms with Gasteiger partial charge in [-0.1, -0.05) is 27.7 Å². The van der Waals surface area contributed by atoms with Crippen molar-refractivity contribution in [3.05, 3.63) is 0 Å². The van der Waals surface area contributed by atoms with Crippen LogP contribution in [0.2, 0.25) is 0 Å². The molecular weight excluding hydrogens is 627 g/mol. The van der Waals surface area contributed by atoms with Crippen LogP contribution < -0.4 is 5.73 Å². The lowest BCUT2D eigenvalue weighted by molar-refractivity contribution is -0.187. The molecule has 8 amide bonds. The number of ether oxygens (including phenoxy) is 1. The molecule has 0 aromatic heterocycles. The normalized spacial score (nSPS) is 23.1. The number of β-lactam (4-membered cyclic amide) rings is 1. The molecule has 2 N–H and O–H groups in total. The predicted molar refractivity (Wildman–Crippen MR) is 160 cm³/mol. The molecule has 0 aromatic carbocycles. The van der Waals surface area contributed by atoms with Gasteiger partial charge in [0.1, 0.15) is 12.1 Å². The first-order valence-electron chi connectivity index (χ1n) is 16.3. The lowest BCUT2D eigenvalue weighted by Crippen LogP contribution is -2.72. The van der Waals surface area contributed by atoms with E-state index in [0.29, 0.717) is 0 Å². The van der Waals surface area contributed by atoms with Gasteiger partial charge in [0.25, 0.3) is 0 Å². The van der Waals surface area contributed by atoms with E-state index in [1.807, 2.05) is 27.7 Å². The second kappa shape index (κ2) is 14.5. The highest BCUT2D eigenvalue weighted by Gasteiger charge is 2.57. The molecule has 0 spiro atoms. The minimum Gasteiger partial charge on any atom is -0.446 e. The summed E-state index contributed by atoms with van der Waals surface area (Å²) < 4.78 is 44.5. The summed E-state index contributed by atoms with van der Waals surface area (Å²) in [6.07, 6.45) is -5.08. The van der Waals surface area contributed by atoms with Crippen LogP contribution in [0, 0.1) is 23.7 Å². The number of alkyl halides is 3. The van der Waals surface area contributed by atoms with E-state index in [-0.39, 0.29) is 109 Å². The minimum atomic E-state index is -4.97. The quantitative estimate of drug-likeness (QED) is 0.421. The van der Waals surface area contributed by atoms with Crippen molar-refractivity contribution >= 4 is 35.9 Å². The molecule has 0 aliphatic carbocycles. The fourth-order valence-corrected chi connectivity index (χ4v) is 6.98. The van der Waals surface area contributed by atoms with E-state index in [9.17, 15) is 41.9 Å². The average Bonchev–Trinajstić information content (AvgIpc) is 3.03. The lowest BCUT2D eigenvalue weighted by atomic mass is 9.77. The number of halogens is 3. The molecule has 4 aliphatic heterocycles. The van der Waals surface area contributed by atoms with Gasteiger partial charge in [-0.25, -0.2) is 14.4 Å². The number of piperidine rings is 1. The number of urea groups is 2. The highest BCUT2D eigenvalue weighted by molar-refractivity contribution is 6.09. The number of rotatable bonds is 6. The molecule has 2 atom stereocenters. The summed E-state index contributed by atoms with van der Waals surface area (Å²) in [5, 5.41) is 0. The van der Waals surface area contributed by atoms with E-state index in [0.717, 1.165) is 9.80 Å². The molecule has 4 saturated heterocycles. The molecule has 0 bridgehead atoms. The molecule has 0 unspecified atom stereocenters. The van der Waals surface area contributed by atoms with Gasteiger partial charge >= 0.3 is 30.2 Å². The summed E-state index contributed by atoms with van der Waals surface area (Å²) in [5.74, 6) is -3.75. The molecule has 4 aliphatic rings. The standard InChI is InChI=1S/C30H46F3N7O7/c1-18(2)23(19(3)4)47-29(46)39-15-13-38(14-16-39)28(45)40-22(25(42)35-9-11-37(12-10-35)27(34)44)21(24(40)41)17-20-5-7-36(8-6-20)26(43)30(31,32)33/h18-23H,5-17H2,1-4H3,(H2,34,44)/t21-,22+/m1/s1. The zero-order chi connectivity index (χ0) is 34.8. The fraction of sp³-hybridized carbons (Fsp3) is 0.800. The number of carbonyl (C=O) groups is 6. The maximum Gasteiger partial charge on any atom is 0.471 e. The molecule has 0 radical (unpaired) electrons. The number of amides is 8. The monoisotopic (exact) mass is 673 g/mol. The molecule has 0 saturated carbocycles. The first-order valence-corrected chi connectivity index (χ1v) is 16.3. The minimum absolute atomic E-state index is 0.121. The second-order valence-corrected chi connectivity index (χ2v) is 13.5. The number of carbonyl (C=O) groups excluding carboxylic acids is 6. The van der Waals surface area contributed by atoms with Gasteiger partial charge in [0, 0.05) is 65.4 Å². The van der Waals surface area contributed by atoms with Crippen molar-refractivity contribution in [3.8, 4) is 0 Å². The van der Waals surface area contributed by atoms with Gasteiger partial charge in [0.05, 0.1) is 5.92 Å². The largest absolute Gasteiger partial charge is 0.471 e. The highest BCUT2D eigenvalue weighted by atomic mass is 19.4. The molecule has 0 aromatic rings. The summed E-state index contributed by atoms with van der Waals surface area (Å²) in [4.78, 5) is 84.7. The van der Waals surface area contributed by atoms with Crippen molar-refractivity contribution in [3.63, 3.8) is 0 Å². The van der Waals surface area contributed by atoms with Crippen LogP contribution in [0.4, 0.5) is 27.6 Å². The first-order chi connectivity index (χ1) is 22.0. The lowest BCUT2D eigenvalue weighted by Gasteiger charge is -2.50. The van der Waals surface area contributed by atoms with Crippen molar-refractivity contribution in [2.75, 3.05) is 65.4 Å². The zero-order valence-electron chi connectivity index (χ0n) is 27.4. The van der Waals surface area contributed by atoms with E-state index < -0.39 is 54.0 Å². The smallest absolute Gasteiger partial charge is 0.446 e. The summed E-state index contributed by atoms with van der Waals surface area (Å²) in [6, 6.07) is -2.39. The third kappa shape index (κ3) is 8.03. The maximum atomic E-state index is 13.8. The number of primary amides is 1. The number of hydrogen-bond acceptors (Lipinski definition) is 7. The summed E-state index contributed by atoms with van der Waals surface area (Å²) >= 11 is 0. The van der Waals surface area contributed by atoms with E-state index in [1.54, 1.807) is 0 Å². The number of hydrogen-bond donors (Lipinski definition) is 1. The van der Waals surface area contributed by atoms with E-state index >= 15 is 0 Å². The van der Waals surface area contributed by atoms with Crippen molar-refractivity contribution < 1.29 is 46.7 Å². The Kier molecular flexibility index (Phi) is 11.2. The third-order valence-corrected chi connectivity index (χ3v) is 9.67. The molecule has 4 rings (SSSR count). The van der Waals surface area contributed by atoms with Crippen LogP contribution in [-0.4, -0.2) is 149 Å². The summed E-state index contributed by atoms with van der Waals surface area (Å²) in [6.45, 7) is 8.96. The number of imide groups is 1. The summed E-state index contributed by atoms with van der Waals surface area (Å²) in [5.41, 5.74) is 5.37. The van der Waals surface area contributed by atoms with Gasteiger partial charge in [-0.3, -0.25) is 19.3 Å². The Hall–Kier alpha value is -3.79. The Morgan fingerprint density at radius 2 is 1.26 bits per heavy atom. The van der Waals surface area contributed by atoms with Crippen LogP contribution in [0.5, 0.6) is 0 Å². The van der Waals surface area contributed by atoms with Crippen LogP contribution >= 0.6 is 0 Å². The van der Waals surface area contributed by atoms with Crippen LogP contribution in [0.15, 0.2) is 0 Å². The highest BCUT2D eigenvalue weighted by Crippen LogP contribution is 2.38. The van der Waals surface area contributed by atoms with Crippen LogP contribution in [-0.2, 0) is 19.1 Å². The molecule has 4 fully saturated rings. The van der Waals surface area contributed by atoms with Crippen molar-refractivity contribution in [1.82, 2.24) is 29.4 Å². The van der Waals surface area contributed by atoms with E-state index in [2.05, 4.69) is 0 Å². The third-order valence-electron chi connectivity index (χ3n) is 9.67. The zero-order valence-corrected chi connectivity index (χ0v) is 27.4. The first kappa shape index (κ1) is 36.1. The number of nitrogens with zero attached hydrogens (tertiary/aromatic N) is 6. The molecular formula is C30H46F3N7O7. The Balaban J connectivity index is 1.41. The van der Waals surface area contributed by atoms with Crippen molar-refractivity contribution in [2.24, 2.45) is 29.4 Å². The Labute approximate surface area is 272 Å². The van der Waals surface area contributed by atoms with Gasteiger partial charge in [-0.2, -0.15) is 13.2 Å². The molecule has 264 valence electrons. The predicted octanol–water partition coefficient (Wildman–Crippen LogP) is 1.78. The fourth-order valence-electron chi connectivity index (χ4n) is 6.98. The SMILES string of the molecule is CC(C)C(OC(=O)N1CCN(C(=O)N2C(=O)[C@H](CC3CCN(C(=O)C(F)(F)F)CC3)[C@H]2C(=O)N2CCN(C(N)=O)CC2)CC1)C(C)C. The van der Waals surface area contributed by atoms with Crippen molar-refractivity contribution in [2.45, 2.75) is 65.3 Å². The topological polar surface area (TPSA) is 157 Å². The second-order valence-electron chi connectivity index (χ2n) is 13.5. The van der Waals surface area contributed by atoms with E-state index in [4.69, 9.17) is 10.5 Å². The van der Waals surface area contributed by atoms with Gasteiger partial charge in [0.15, 0.2) is 0 Å². The average molecular weight is 674 g/mol.